The highest BCUT2D eigenvalue weighted by atomic mass is 35.5. The Bertz CT molecular complexity index is 322. The van der Waals surface area contributed by atoms with Gasteiger partial charge in [0, 0.05) is 11.6 Å². The largest absolute Gasteiger partial charge is 0.416 e. The average Bonchev–Trinajstić information content (AvgIpc) is 2.02. The van der Waals surface area contributed by atoms with Crippen LogP contribution in [0.3, 0.4) is 0 Å². The Kier molecular flexibility index (Phi) is 3.39. The van der Waals surface area contributed by atoms with Gasteiger partial charge in [0.25, 0.3) is 0 Å². The Morgan fingerprint density at radius 1 is 1.21 bits per heavy atom. The number of halogens is 4. The fourth-order valence-corrected chi connectivity index (χ4v) is 1.35. The normalized spacial score (nSPS) is 11.8. The third-order valence-electron chi connectivity index (χ3n) is 1.69. The Labute approximate surface area is 84.1 Å². The molecule has 0 aliphatic carbocycles. The first-order valence-corrected chi connectivity index (χ1v) is 4.29. The maximum Gasteiger partial charge on any atom is 0.416 e. The van der Waals surface area contributed by atoms with E-state index in [0.29, 0.717) is 5.56 Å². The molecule has 1 aromatic carbocycles. The molecular weight excluding hydrogens is 217 g/mol. The average molecular weight is 225 g/mol. The summed E-state index contributed by atoms with van der Waals surface area (Å²) in [5.41, 5.74) is -0.402. The van der Waals surface area contributed by atoms with E-state index in [1.807, 2.05) is 0 Å². The van der Waals surface area contributed by atoms with Crippen molar-refractivity contribution >= 4 is 11.6 Å². The highest BCUT2D eigenvalue weighted by Crippen LogP contribution is 2.31. The second kappa shape index (κ2) is 4.19. The second-order valence-corrected chi connectivity index (χ2v) is 3.26. The molecule has 0 fully saturated rings. The fraction of sp³-hybridized carbons (Fsp3) is 0.333. The zero-order valence-electron chi connectivity index (χ0n) is 7.11. The van der Waals surface area contributed by atoms with Crippen LogP contribution >= 0.6 is 11.6 Å². The van der Waals surface area contributed by atoms with Crippen LogP contribution in [0.5, 0.6) is 0 Å². The van der Waals surface area contributed by atoms with E-state index in [1.165, 1.54) is 6.07 Å². The van der Waals surface area contributed by atoms with E-state index in [9.17, 15) is 13.2 Å². The van der Waals surface area contributed by atoms with E-state index in [1.54, 1.807) is 0 Å². The lowest BCUT2D eigenvalue weighted by Gasteiger charge is -2.09. The molecule has 0 atom stereocenters. The van der Waals surface area contributed by atoms with Crippen molar-refractivity contribution < 1.29 is 18.3 Å². The molecule has 0 heterocycles. The number of rotatable bonds is 2. The molecular formula is C9H8ClF3O. The van der Waals surface area contributed by atoms with Crippen LogP contribution < -0.4 is 0 Å². The van der Waals surface area contributed by atoms with Gasteiger partial charge in [0.1, 0.15) is 0 Å². The van der Waals surface area contributed by atoms with Crippen LogP contribution in [0.15, 0.2) is 18.2 Å². The Morgan fingerprint density at radius 2 is 1.86 bits per heavy atom. The predicted molar refractivity (Wildman–Crippen MR) is 47.2 cm³/mol. The topological polar surface area (TPSA) is 20.2 Å². The van der Waals surface area contributed by atoms with Gasteiger partial charge >= 0.3 is 6.18 Å². The summed E-state index contributed by atoms with van der Waals surface area (Å²) in [6, 6.07) is 3.26. The van der Waals surface area contributed by atoms with E-state index in [4.69, 9.17) is 16.7 Å². The van der Waals surface area contributed by atoms with Crippen LogP contribution in [0.25, 0.3) is 0 Å². The number of alkyl halides is 3. The molecule has 0 spiro atoms. The molecule has 1 N–H and O–H groups in total. The molecule has 1 rings (SSSR count). The molecule has 0 aliphatic rings. The van der Waals surface area contributed by atoms with Crippen molar-refractivity contribution in [3.05, 3.63) is 34.3 Å². The van der Waals surface area contributed by atoms with E-state index in [0.717, 1.165) is 12.1 Å². The summed E-state index contributed by atoms with van der Waals surface area (Å²) in [7, 11) is 0. The van der Waals surface area contributed by atoms with Gasteiger partial charge in [-0.25, -0.2) is 0 Å². The fourth-order valence-electron chi connectivity index (χ4n) is 1.09. The quantitative estimate of drug-likeness (QED) is 0.819. The predicted octanol–water partition coefficient (Wildman–Crippen LogP) is 2.89. The van der Waals surface area contributed by atoms with Crippen molar-refractivity contribution in [2.24, 2.45) is 0 Å². The summed E-state index contributed by atoms with van der Waals surface area (Å²) in [5, 5.41) is 8.61. The summed E-state index contributed by atoms with van der Waals surface area (Å²) in [6.45, 7) is -0.197. The lowest BCUT2D eigenvalue weighted by molar-refractivity contribution is -0.137. The Balaban J connectivity index is 3.07. The summed E-state index contributed by atoms with van der Waals surface area (Å²) < 4.78 is 36.8. The van der Waals surface area contributed by atoms with Crippen LogP contribution in [0.1, 0.15) is 11.1 Å². The molecule has 0 saturated carbocycles. The molecule has 0 amide bonds. The number of aliphatic hydroxyl groups excluding tert-OH is 1. The maximum absolute atomic E-state index is 12.3. The molecule has 0 saturated heterocycles. The van der Waals surface area contributed by atoms with Crippen LogP contribution in [-0.2, 0) is 12.6 Å². The summed E-state index contributed by atoms with van der Waals surface area (Å²) in [5.74, 6) is 0. The lowest BCUT2D eigenvalue weighted by atomic mass is 10.1. The molecule has 0 radical (unpaired) electrons. The number of aliphatic hydroxyl groups is 1. The van der Waals surface area contributed by atoms with E-state index in [2.05, 4.69) is 0 Å². The minimum atomic E-state index is -4.39. The smallest absolute Gasteiger partial charge is 0.396 e. The lowest BCUT2D eigenvalue weighted by Crippen LogP contribution is -2.06. The van der Waals surface area contributed by atoms with E-state index in [-0.39, 0.29) is 18.1 Å². The zero-order chi connectivity index (χ0) is 10.8. The molecule has 0 bridgehead atoms. The van der Waals surface area contributed by atoms with E-state index >= 15 is 0 Å². The molecule has 0 unspecified atom stereocenters. The first kappa shape index (κ1) is 11.3. The monoisotopic (exact) mass is 224 g/mol. The SMILES string of the molecule is OCCc1cc(Cl)cc(C(F)(F)F)c1. The standard InChI is InChI=1S/C9H8ClF3O/c10-8-4-6(1-2-14)3-7(5-8)9(11,12)13/h3-5,14H,1-2H2. The minimum absolute atomic E-state index is 0.0308. The van der Waals surface area contributed by atoms with Gasteiger partial charge < -0.3 is 5.11 Å². The van der Waals surface area contributed by atoms with Gasteiger partial charge in [-0.3, -0.25) is 0 Å². The molecule has 0 aromatic heterocycles. The highest BCUT2D eigenvalue weighted by Gasteiger charge is 2.30. The number of hydrogen-bond acceptors (Lipinski definition) is 1. The van der Waals surface area contributed by atoms with Crippen molar-refractivity contribution in [2.45, 2.75) is 12.6 Å². The van der Waals surface area contributed by atoms with Gasteiger partial charge in [-0.05, 0) is 30.2 Å². The molecule has 0 aliphatic heterocycles. The Hall–Kier alpha value is -0.740. The number of hydrogen-bond donors (Lipinski definition) is 1. The van der Waals surface area contributed by atoms with Gasteiger partial charge in [0.05, 0.1) is 5.56 Å². The van der Waals surface area contributed by atoms with Crippen molar-refractivity contribution in [1.82, 2.24) is 0 Å². The van der Waals surface area contributed by atoms with E-state index < -0.39 is 11.7 Å². The van der Waals surface area contributed by atoms with Crippen LogP contribution in [-0.4, -0.2) is 11.7 Å². The van der Waals surface area contributed by atoms with Crippen molar-refractivity contribution in [3.8, 4) is 0 Å². The van der Waals surface area contributed by atoms with Gasteiger partial charge in [0.2, 0.25) is 0 Å². The van der Waals surface area contributed by atoms with Crippen molar-refractivity contribution in [2.75, 3.05) is 6.61 Å². The molecule has 14 heavy (non-hydrogen) atoms. The Morgan fingerprint density at radius 3 is 2.36 bits per heavy atom. The minimum Gasteiger partial charge on any atom is -0.396 e. The molecule has 5 heteroatoms. The first-order valence-electron chi connectivity index (χ1n) is 3.91. The third kappa shape index (κ3) is 2.89. The summed E-state index contributed by atoms with van der Waals surface area (Å²) in [4.78, 5) is 0. The molecule has 1 nitrogen and oxygen atoms in total. The van der Waals surface area contributed by atoms with Gasteiger partial charge in [-0.2, -0.15) is 13.2 Å². The van der Waals surface area contributed by atoms with Crippen LogP contribution in [0.4, 0.5) is 13.2 Å². The number of benzene rings is 1. The van der Waals surface area contributed by atoms with Gasteiger partial charge in [0.15, 0.2) is 0 Å². The molecule has 1 aromatic rings. The van der Waals surface area contributed by atoms with Crippen LogP contribution in [0.2, 0.25) is 5.02 Å². The zero-order valence-corrected chi connectivity index (χ0v) is 7.86. The highest BCUT2D eigenvalue weighted by molar-refractivity contribution is 6.30. The molecule has 78 valence electrons. The second-order valence-electron chi connectivity index (χ2n) is 2.82. The van der Waals surface area contributed by atoms with Crippen LogP contribution in [0, 0.1) is 0 Å². The maximum atomic E-state index is 12.3. The summed E-state index contributed by atoms with van der Waals surface area (Å²) in [6.07, 6.45) is -4.22. The van der Waals surface area contributed by atoms with Gasteiger partial charge in [-0.1, -0.05) is 11.6 Å². The first-order chi connectivity index (χ1) is 6.43. The van der Waals surface area contributed by atoms with Gasteiger partial charge in [-0.15, -0.1) is 0 Å². The van der Waals surface area contributed by atoms with Crippen molar-refractivity contribution in [1.29, 1.82) is 0 Å². The van der Waals surface area contributed by atoms with Crippen molar-refractivity contribution in [3.63, 3.8) is 0 Å². The summed E-state index contributed by atoms with van der Waals surface area (Å²) >= 11 is 5.51. The third-order valence-corrected chi connectivity index (χ3v) is 1.90.